The Morgan fingerprint density at radius 3 is 2.40 bits per heavy atom. The van der Waals surface area contributed by atoms with Crippen LogP contribution in [-0.2, 0) is 10.0 Å². The standard InChI is InChI=1S/C18H23N3O3S/c22-20-17(15-7-3-1-4-8-15)14-25(23,24)21-12-11-19-13-18(21)16-9-5-2-6-10-16/h1-10,17-20,22H,11-14H2. The van der Waals surface area contributed by atoms with Gasteiger partial charge in [-0.15, -0.1) is 0 Å². The molecule has 25 heavy (non-hydrogen) atoms. The number of nitrogens with zero attached hydrogens (tertiary/aromatic N) is 1. The van der Waals surface area contributed by atoms with Crippen molar-refractivity contribution in [2.75, 3.05) is 25.4 Å². The van der Waals surface area contributed by atoms with Crippen LogP contribution in [0, 0.1) is 0 Å². The van der Waals surface area contributed by atoms with Gasteiger partial charge in [0.1, 0.15) is 0 Å². The van der Waals surface area contributed by atoms with Crippen LogP contribution in [0.2, 0.25) is 0 Å². The highest BCUT2D eigenvalue weighted by Crippen LogP contribution is 2.27. The third-order valence-electron chi connectivity index (χ3n) is 4.47. The number of benzene rings is 2. The summed E-state index contributed by atoms with van der Waals surface area (Å²) in [6.45, 7) is 1.60. The lowest BCUT2D eigenvalue weighted by Gasteiger charge is -2.36. The number of hydroxylamine groups is 1. The van der Waals surface area contributed by atoms with Gasteiger partial charge in [0.05, 0.1) is 17.8 Å². The minimum absolute atomic E-state index is 0.198. The number of rotatable bonds is 6. The Bertz CT molecular complexity index is 769. The minimum atomic E-state index is -3.57. The zero-order valence-corrected chi connectivity index (χ0v) is 14.7. The lowest BCUT2D eigenvalue weighted by Crippen LogP contribution is -2.50. The van der Waals surface area contributed by atoms with Gasteiger partial charge in [-0.05, 0) is 11.1 Å². The number of hydrogen-bond donors (Lipinski definition) is 3. The largest absolute Gasteiger partial charge is 0.316 e. The molecule has 134 valence electrons. The molecule has 0 spiro atoms. The van der Waals surface area contributed by atoms with Crippen molar-refractivity contribution >= 4 is 10.0 Å². The average Bonchev–Trinajstić information content (AvgIpc) is 2.67. The molecule has 2 unspecified atom stereocenters. The molecule has 6 nitrogen and oxygen atoms in total. The molecule has 2 atom stereocenters. The van der Waals surface area contributed by atoms with E-state index in [4.69, 9.17) is 0 Å². The molecule has 1 fully saturated rings. The number of nitrogens with one attached hydrogen (secondary N) is 2. The molecule has 0 amide bonds. The first-order valence-electron chi connectivity index (χ1n) is 8.31. The molecule has 1 aliphatic rings. The van der Waals surface area contributed by atoms with Crippen molar-refractivity contribution in [1.29, 1.82) is 0 Å². The van der Waals surface area contributed by atoms with E-state index in [2.05, 4.69) is 10.8 Å². The van der Waals surface area contributed by atoms with Crippen LogP contribution < -0.4 is 10.8 Å². The van der Waals surface area contributed by atoms with E-state index in [1.165, 1.54) is 0 Å². The molecule has 0 radical (unpaired) electrons. The van der Waals surface area contributed by atoms with Gasteiger partial charge in [0.25, 0.3) is 0 Å². The van der Waals surface area contributed by atoms with Crippen molar-refractivity contribution in [1.82, 2.24) is 15.1 Å². The first-order valence-corrected chi connectivity index (χ1v) is 9.92. The van der Waals surface area contributed by atoms with Crippen molar-refractivity contribution in [3.8, 4) is 0 Å². The highest BCUT2D eigenvalue weighted by molar-refractivity contribution is 7.89. The molecule has 0 saturated carbocycles. The van der Waals surface area contributed by atoms with E-state index in [0.29, 0.717) is 19.6 Å². The van der Waals surface area contributed by atoms with Crippen molar-refractivity contribution in [3.05, 3.63) is 71.8 Å². The van der Waals surface area contributed by atoms with E-state index < -0.39 is 16.1 Å². The first kappa shape index (κ1) is 18.0. The molecule has 7 heteroatoms. The Labute approximate surface area is 148 Å². The highest BCUT2D eigenvalue weighted by atomic mass is 32.2. The summed E-state index contributed by atoms with van der Waals surface area (Å²) >= 11 is 0. The summed E-state index contributed by atoms with van der Waals surface area (Å²) in [5.41, 5.74) is 3.85. The molecular weight excluding hydrogens is 338 g/mol. The molecule has 2 aromatic carbocycles. The van der Waals surface area contributed by atoms with Crippen LogP contribution in [0.25, 0.3) is 0 Å². The monoisotopic (exact) mass is 361 g/mol. The van der Waals surface area contributed by atoms with Gasteiger partial charge in [-0.25, -0.2) is 8.42 Å². The minimum Gasteiger partial charge on any atom is -0.316 e. The summed E-state index contributed by atoms with van der Waals surface area (Å²) < 4.78 is 27.7. The normalized spacial score (nSPS) is 20.3. The Morgan fingerprint density at radius 1 is 1.12 bits per heavy atom. The predicted octanol–water partition coefficient (Wildman–Crippen LogP) is 1.68. The fraction of sp³-hybridized carbons (Fsp3) is 0.333. The highest BCUT2D eigenvalue weighted by Gasteiger charge is 2.35. The van der Waals surface area contributed by atoms with Gasteiger partial charge in [0.2, 0.25) is 10.0 Å². The van der Waals surface area contributed by atoms with Gasteiger partial charge >= 0.3 is 0 Å². The fourth-order valence-corrected chi connectivity index (χ4v) is 5.01. The quantitative estimate of drug-likeness (QED) is 0.682. The third-order valence-corrected chi connectivity index (χ3v) is 6.38. The fourth-order valence-electron chi connectivity index (χ4n) is 3.18. The molecule has 3 rings (SSSR count). The Balaban J connectivity index is 1.84. The van der Waals surface area contributed by atoms with Crippen LogP contribution in [0.4, 0.5) is 0 Å². The molecule has 0 aromatic heterocycles. The van der Waals surface area contributed by atoms with Crippen molar-refractivity contribution < 1.29 is 13.6 Å². The van der Waals surface area contributed by atoms with E-state index >= 15 is 0 Å². The van der Waals surface area contributed by atoms with Gasteiger partial charge in [-0.2, -0.15) is 9.79 Å². The van der Waals surface area contributed by atoms with Crippen LogP contribution >= 0.6 is 0 Å². The second-order valence-corrected chi connectivity index (χ2v) is 8.08. The zero-order valence-electron chi connectivity index (χ0n) is 13.9. The summed E-state index contributed by atoms with van der Waals surface area (Å²) in [5.74, 6) is -0.198. The van der Waals surface area contributed by atoms with Gasteiger partial charge in [0.15, 0.2) is 0 Å². The van der Waals surface area contributed by atoms with Crippen molar-refractivity contribution in [2.24, 2.45) is 0 Å². The summed E-state index contributed by atoms with van der Waals surface area (Å²) in [6, 6.07) is 17.8. The predicted molar refractivity (Wildman–Crippen MR) is 96.7 cm³/mol. The summed E-state index contributed by atoms with van der Waals surface area (Å²) in [6.07, 6.45) is 0. The molecule has 1 heterocycles. The molecule has 3 N–H and O–H groups in total. The van der Waals surface area contributed by atoms with E-state index in [-0.39, 0.29) is 11.8 Å². The third kappa shape index (κ3) is 4.26. The Hall–Kier alpha value is -1.77. The molecule has 0 bridgehead atoms. The number of hydrogen-bond acceptors (Lipinski definition) is 5. The van der Waals surface area contributed by atoms with Crippen LogP contribution in [-0.4, -0.2) is 43.3 Å². The summed E-state index contributed by atoms with van der Waals surface area (Å²) in [5, 5.41) is 12.7. The number of piperazine rings is 1. The van der Waals surface area contributed by atoms with Gasteiger partial charge in [0, 0.05) is 19.6 Å². The van der Waals surface area contributed by atoms with E-state index in [1.807, 2.05) is 48.5 Å². The topological polar surface area (TPSA) is 81.7 Å². The van der Waals surface area contributed by atoms with Gasteiger partial charge in [-0.3, -0.25) is 0 Å². The Morgan fingerprint density at radius 2 is 1.76 bits per heavy atom. The van der Waals surface area contributed by atoms with Gasteiger partial charge < -0.3 is 10.5 Å². The van der Waals surface area contributed by atoms with E-state index in [9.17, 15) is 13.6 Å². The molecule has 2 aromatic rings. The maximum atomic E-state index is 13.1. The van der Waals surface area contributed by atoms with Crippen LogP contribution in [0.1, 0.15) is 23.2 Å². The SMILES string of the molecule is O=S(=O)(CC(NO)c1ccccc1)N1CCNCC1c1ccccc1. The second-order valence-electron chi connectivity index (χ2n) is 6.11. The zero-order chi connectivity index (χ0) is 17.7. The van der Waals surface area contributed by atoms with Crippen molar-refractivity contribution in [2.45, 2.75) is 12.1 Å². The van der Waals surface area contributed by atoms with Crippen LogP contribution in [0.3, 0.4) is 0 Å². The van der Waals surface area contributed by atoms with Crippen molar-refractivity contribution in [3.63, 3.8) is 0 Å². The molecule has 0 aliphatic carbocycles. The molecular formula is C18H23N3O3S. The van der Waals surface area contributed by atoms with Crippen LogP contribution in [0.5, 0.6) is 0 Å². The summed E-state index contributed by atoms with van der Waals surface area (Å²) in [7, 11) is -3.57. The second kappa shape index (κ2) is 8.07. The Kier molecular flexibility index (Phi) is 5.82. The maximum absolute atomic E-state index is 13.1. The number of sulfonamides is 1. The van der Waals surface area contributed by atoms with Crippen LogP contribution in [0.15, 0.2) is 60.7 Å². The smallest absolute Gasteiger partial charge is 0.216 e. The lowest BCUT2D eigenvalue weighted by atomic mass is 10.1. The maximum Gasteiger partial charge on any atom is 0.216 e. The van der Waals surface area contributed by atoms with Gasteiger partial charge in [-0.1, -0.05) is 60.7 Å². The van der Waals surface area contributed by atoms with E-state index in [0.717, 1.165) is 11.1 Å². The first-order chi connectivity index (χ1) is 12.1. The lowest BCUT2D eigenvalue weighted by molar-refractivity contribution is 0.133. The average molecular weight is 361 g/mol. The van der Waals surface area contributed by atoms with E-state index in [1.54, 1.807) is 16.4 Å². The summed E-state index contributed by atoms with van der Waals surface area (Å²) in [4.78, 5) is 0. The molecule has 1 saturated heterocycles. The molecule has 1 aliphatic heterocycles.